The Morgan fingerprint density at radius 3 is 1.72 bits per heavy atom. The van der Waals surface area contributed by atoms with Crippen LogP contribution in [0.5, 0.6) is 0 Å². The van der Waals surface area contributed by atoms with Gasteiger partial charge in [0.15, 0.2) is 5.79 Å². The predicted octanol–water partition coefficient (Wildman–Crippen LogP) is 4.82. The fourth-order valence-electron chi connectivity index (χ4n) is 4.80. The van der Waals surface area contributed by atoms with E-state index in [2.05, 4.69) is 36.4 Å². The summed E-state index contributed by atoms with van der Waals surface area (Å²) in [6.07, 6.45) is 2.82. The molecular weight excluding hydrogens is 400 g/mol. The lowest BCUT2D eigenvalue weighted by Gasteiger charge is -2.39. The van der Waals surface area contributed by atoms with Crippen LogP contribution >= 0.6 is 0 Å². The van der Waals surface area contributed by atoms with Gasteiger partial charge >= 0.3 is 0 Å². The van der Waals surface area contributed by atoms with Crippen molar-refractivity contribution in [3.05, 3.63) is 120 Å². The molecule has 1 heterocycles. The van der Waals surface area contributed by atoms with E-state index >= 15 is 0 Å². The van der Waals surface area contributed by atoms with Gasteiger partial charge in [-0.3, -0.25) is 0 Å². The smallest absolute Gasteiger partial charge is 0.164 e. The van der Waals surface area contributed by atoms with Crippen molar-refractivity contribution in [2.24, 2.45) is 0 Å². The van der Waals surface area contributed by atoms with Crippen LogP contribution < -0.4 is 0 Å². The summed E-state index contributed by atoms with van der Waals surface area (Å²) in [4.78, 5) is 0. The Labute approximate surface area is 189 Å². The van der Waals surface area contributed by atoms with E-state index in [0.717, 1.165) is 16.7 Å². The van der Waals surface area contributed by atoms with Crippen molar-refractivity contribution in [3.63, 3.8) is 0 Å². The molecule has 1 aliphatic heterocycles. The monoisotopic (exact) mass is 428 g/mol. The minimum Gasteiger partial charge on any atom is -0.380 e. The highest BCUT2D eigenvalue weighted by molar-refractivity contribution is 5.47. The van der Waals surface area contributed by atoms with Crippen molar-refractivity contribution in [1.82, 2.24) is 0 Å². The fraction of sp³-hybridized carbons (Fsp3) is 0.286. The highest BCUT2D eigenvalue weighted by Gasteiger charge is 2.55. The summed E-state index contributed by atoms with van der Waals surface area (Å²) in [5.41, 5.74) is 0.762. The minimum absolute atomic E-state index is 0.0444. The van der Waals surface area contributed by atoms with E-state index in [1.54, 1.807) is 6.08 Å². The van der Waals surface area contributed by atoms with Crippen LogP contribution in [-0.2, 0) is 19.8 Å². The van der Waals surface area contributed by atoms with Crippen molar-refractivity contribution in [3.8, 4) is 0 Å². The number of hydrogen-bond donors (Lipinski definition) is 1. The molecule has 32 heavy (non-hydrogen) atoms. The van der Waals surface area contributed by atoms with E-state index in [0.29, 0.717) is 0 Å². The zero-order valence-corrected chi connectivity index (χ0v) is 18.3. The first-order chi connectivity index (χ1) is 15.4. The van der Waals surface area contributed by atoms with E-state index in [9.17, 15) is 5.11 Å². The summed E-state index contributed by atoms with van der Waals surface area (Å²) in [7, 11) is 0. The maximum atomic E-state index is 11.6. The summed E-state index contributed by atoms with van der Waals surface area (Å²) in [6, 6.07) is 30.4. The van der Waals surface area contributed by atoms with Crippen molar-refractivity contribution < 1.29 is 19.3 Å². The molecule has 3 unspecified atom stereocenters. The lowest BCUT2D eigenvalue weighted by atomic mass is 9.80. The first-order valence-electron chi connectivity index (χ1n) is 11.0. The summed E-state index contributed by atoms with van der Waals surface area (Å²) in [5, 5.41) is 11.6. The van der Waals surface area contributed by atoms with Gasteiger partial charge in [-0.2, -0.15) is 0 Å². The molecule has 3 aromatic carbocycles. The zero-order valence-electron chi connectivity index (χ0n) is 18.3. The van der Waals surface area contributed by atoms with Crippen LogP contribution in [0.4, 0.5) is 0 Å². The van der Waals surface area contributed by atoms with Crippen LogP contribution in [-0.4, -0.2) is 35.3 Å². The van der Waals surface area contributed by atoms with E-state index < -0.39 is 23.1 Å². The van der Waals surface area contributed by atoms with Crippen LogP contribution in [0.3, 0.4) is 0 Å². The summed E-state index contributed by atoms with van der Waals surface area (Å²) in [6.45, 7) is 3.77. The van der Waals surface area contributed by atoms with Crippen molar-refractivity contribution in [2.45, 2.75) is 43.0 Å². The lowest BCUT2D eigenvalue weighted by molar-refractivity contribution is -0.177. The summed E-state index contributed by atoms with van der Waals surface area (Å²) in [5.74, 6) is -0.747. The van der Waals surface area contributed by atoms with Crippen LogP contribution in [0.15, 0.2) is 103 Å². The minimum atomic E-state index is -1.30. The molecule has 3 atom stereocenters. The van der Waals surface area contributed by atoms with Gasteiger partial charge in [0.05, 0.1) is 6.61 Å². The Kier molecular flexibility index (Phi) is 5.26. The third kappa shape index (κ3) is 3.59. The van der Waals surface area contributed by atoms with Gasteiger partial charge in [0.25, 0.3) is 0 Å². The zero-order chi connectivity index (χ0) is 22.2. The fourth-order valence-corrected chi connectivity index (χ4v) is 4.80. The van der Waals surface area contributed by atoms with E-state index in [1.165, 1.54) is 0 Å². The lowest BCUT2D eigenvalue weighted by Crippen LogP contribution is -2.48. The van der Waals surface area contributed by atoms with E-state index in [4.69, 9.17) is 14.2 Å². The Morgan fingerprint density at radius 2 is 1.25 bits per heavy atom. The highest BCUT2D eigenvalue weighted by Crippen LogP contribution is 2.44. The molecular formula is C28H28O4. The predicted molar refractivity (Wildman–Crippen MR) is 123 cm³/mol. The second-order valence-electron chi connectivity index (χ2n) is 8.94. The molecule has 0 saturated carbocycles. The first kappa shape index (κ1) is 21.1. The molecule has 3 aromatic rings. The molecule has 164 valence electrons. The molecule has 0 amide bonds. The van der Waals surface area contributed by atoms with Crippen LogP contribution in [0.1, 0.15) is 30.5 Å². The molecule has 1 N–H and O–H groups in total. The molecule has 1 saturated heterocycles. The van der Waals surface area contributed by atoms with Gasteiger partial charge in [-0.15, -0.1) is 0 Å². The highest BCUT2D eigenvalue weighted by atomic mass is 16.8. The maximum absolute atomic E-state index is 11.6. The van der Waals surface area contributed by atoms with Crippen molar-refractivity contribution in [2.75, 3.05) is 6.61 Å². The molecule has 0 aromatic heterocycles. The molecule has 4 nitrogen and oxygen atoms in total. The molecule has 0 bridgehead atoms. The van der Waals surface area contributed by atoms with Crippen molar-refractivity contribution in [1.29, 1.82) is 0 Å². The van der Waals surface area contributed by atoms with Crippen LogP contribution in [0, 0.1) is 0 Å². The summed E-state index contributed by atoms with van der Waals surface area (Å²) < 4.78 is 18.8. The topological polar surface area (TPSA) is 47.9 Å². The molecule has 1 fully saturated rings. The van der Waals surface area contributed by atoms with Crippen LogP contribution in [0.25, 0.3) is 0 Å². The van der Waals surface area contributed by atoms with E-state index in [-0.39, 0.29) is 12.7 Å². The van der Waals surface area contributed by atoms with Gasteiger partial charge in [-0.25, -0.2) is 0 Å². The number of ether oxygens (including phenoxy) is 3. The Hall–Kier alpha value is -2.76. The SMILES string of the molecule is CC1(C)OC2C=CC(O)(COC(c3ccccc3)(c3ccccc3)c3ccccc3)C2O1. The quantitative estimate of drug-likeness (QED) is 0.452. The number of hydrogen-bond acceptors (Lipinski definition) is 4. The van der Waals surface area contributed by atoms with Gasteiger partial charge in [-0.05, 0) is 36.6 Å². The molecule has 2 aliphatic rings. The maximum Gasteiger partial charge on any atom is 0.164 e. The average Bonchev–Trinajstić information content (AvgIpc) is 3.30. The third-order valence-electron chi connectivity index (χ3n) is 6.26. The Balaban J connectivity index is 1.59. The molecule has 0 spiro atoms. The second-order valence-corrected chi connectivity index (χ2v) is 8.94. The number of rotatable bonds is 6. The van der Waals surface area contributed by atoms with E-state index in [1.807, 2.05) is 74.5 Å². The van der Waals surface area contributed by atoms with Gasteiger partial charge in [-0.1, -0.05) is 97.1 Å². The number of aliphatic hydroxyl groups is 1. The Morgan fingerprint density at radius 1 is 0.781 bits per heavy atom. The third-order valence-corrected chi connectivity index (χ3v) is 6.26. The standard InChI is InChI=1S/C28H28O4/c1-26(2)31-24-18-19-27(29,25(24)32-26)20-30-28(21-12-6-3-7-13-21,22-14-8-4-9-15-22)23-16-10-5-11-17-23/h3-19,24-25,29H,20H2,1-2H3. The second kappa shape index (κ2) is 7.98. The van der Waals surface area contributed by atoms with Gasteiger partial charge in [0.1, 0.15) is 23.4 Å². The van der Waals surface area contributed by atoms with Gasteiger partial charge in [0, 0.05) is 0 Å². The van der Waals surface area contributed by atoms with Gasteiger partial charge < -0.3 is 19.3 Å². The average molecular weight is 429 g/mol. The summed E-state index contributed by atoms with van der Waals surface area (Å²) >= 11 is 0. The molecule has 1 aliphatic carbocycles. The van der Waals surface area contributed by atoms with Gasteiger partial charge in [0.2, 0.25) is 0 Å². The Bertz CT molecular complexity index is 982. The molecule has 4 heteroatoms. The molecule has 0 radical (unpaired) electrons. The first-order valence-corrected chi connectivity index (χ1v) is 11.0. The normalized spacial score (nSPS) is 26.2. The number of fused-ring (bicyclic) bond motifs is 1. The largest absolute Gasteiger partial charge is 0.380 e. The number of benzene rings is 3. The van der Waals surface area contributed by atoms with Crippen molar-refractivity contribution >= 4 is 0 Å². The molecule has 5 rings (SSSR count). The van der Waals surface area contributed by atoms with Crippen LogP contribution in [0.2, 0.25) is 0 Å².